The van der Waals surface area contributed by atoms with E-state index in [4.69, 9.17) is 5.73 Å². The van der Waals surface area contributed by atoms with Crippen LogP contribution in [0.2, 0.25) is 0 Å². The molecule has 4 nitrogen and oxygen atoms in total. The van der Waals surface area contributed by atoms with Crippen LogP contribution in [-0.2, 0) is 6.42 Å². The van der Waals surface area contributed by atoms with Crippen molar-refractivity contribution in [3.05, 3.63) is 28.9 Å². The molecule has 0 radical (unpaired) electrons. The van der Waals surface area contributed by atoms with Crippen LogP contribution >= 0.6 is 15.9 Å². The lowest BCUT2D eigenvalue weighted by atomic mass is 10.1. The van der Waals surface area contributed by atoms with Gasteiger partial charge in [-0.1, -0.05) is 0 Å². The summed E-state index contributed by atoms with van der Waals surface area (Å²) in [4.78, 5) is 8.47. The van der Waals surface area contributed by atoms with E-state index in [-0.39, 0.29) is 5.54 Å². The van der Waals surface area contributed by atoms with E-state index < -0.39 is 0 Å². The number of aryl methyl sites for hydroxylation is 1. The Balaban J connectivity index is 1.88. The van der Waals surface area contributed by atoms with Crippen LogP contribution in [0.5, 0.6) is 0 Å². The Morgan fingerprint density at radius 1 is 1.38 bits per heavy atom. The number of fused-ring (bicyclic) bond motifs is 1. The summed E-state index contributed by atoms with van der Waals surface area (Å²) in [7, 11) is 0. The van der Waals surface area contributed by atoms with Crippen LogP contribution < -0.4 is 5.73 Å². The lowest BCUT2D eigenvalue weighted by Gasteiger charge is -2.07. The molecule has 0 saturated heterocycles. The maximum Gasteiger partial charge on any atom is 0.155 e. The van der Waals surface area contributed by atoms with Crippen LogP contribution in [0, 0.1) is 0 Å². The third-order valence-corrected chi connectivity index (χ3v) is 3.62. The molecule has 0 aromatic carbocycles. The summed E-state index contributed by atoms with van der Waals surface area (Å²) in [5.41, 5.74) is 8.28. The van der Waals surface area contributed by atoms with E-state index in [9.17, 15) is 0 Å². The second-order valence-corrected chi connectivity index (χ2v) is 5.36. The Morgan fingerprint density at radius 2 is 2.19 bits per heavy atom. The molecule has 0 amide bonds. The van der Waals surface area contributed by atoms with E-state index >= 15 is 0 Å². The minimum Gasteiger partial charge on any atom is -0.325 e. The summed E-state index contributed by atoms with van der Waals surface area (Å²) in [5, 5.41) is 0. The fraction of sp³-hybridized carbons (Fsp3) is 0.455. The maximum absolute atomic E-state index is 6.09. The average Bonchev–Trinajstić information content (AvgIpc) is 2.87. The van der Waals surface area contributed by atoms with E-state index in [1.807, 2.05) is 12.4 Å². The van der Waals surface area contributed by atoms with Crippen molar-refractivity contribution in [2.75, 3.05) is 0 Å². The highest BCUT2D eigenvalue weighted by Crippen LogP contribution is 2.36. The van der Waals surface area contributed by atoms with Crippen molar-refractivity contribution >= 4 is 21.6 Å². The molecule has 3 rings (SSSR count). The van der Waals surface area contributed by atoms with Gasteiger partial charge in [0.25, 0.3) is 0 Å². The molecular formula is C11H13BrN4. The van der Waals surface area contributed by atoms with Gasteiger partial charge >= 0.3 is 0 Å². The standard InChI is InChI=1S/C11H13BrN4/c12-9-7-16-8(1-2-11(13)3-4-11)5-15-10(16)6-14-9/h5-7H,1-4,13H2. The highest BCUT2D eigenvalue weighted by molar-refractivity contribution is 9.10. The molecule has 1 aliphatic carbocycles. The number of nitrogens with two attached hydrogens (primary N) is 1. The van der Waals surface area contributed by atoms with Gasteiger partial charge in [-0.3, -0.25) is 0 Å². The van der Waals surface area contributed by atoms with Crippen molar-refractivity contribution in [2.45, 2.75) is 31.2 Å². The molecule has 2 heterocycles. The third-order valence-electron chi connectivity index (χ3n) is 3.21. The monoisotopic (exact) mass is 280 g/mol. The molecule has 1 saturated carbocycles. The Hall–Kier alpha value is -0.940. The molecule has 2 aromatic rings. The molecule has 16 heavy (non-hydrogen) atoms. The van der Waals surface area contributed by atoms with Gasteiger partial charge in [0.2, 0.25) is 0 Å². The van der Waals surface area contributed by atoms with Gasteiger partial charge in [0, 0.05) is 23.6 Å². The van der Waals surface area contributed by atoms with E-state index in [2.05, 4.69) is 30.3 Å². The van der Waals surface area contributed by atoms with Gasteiger partial charge in [-0.25, -0.2) is 9.97 Å². The topological polar surface area (TPSA) is 56.2 Å². The number of hydrogen-bond donors (Lipinski definition) is 1. The molecule has 0 spiro atoms. The summed E-state index contributed by atoms with van der Waals surface area (Å²) in [6, 6.07) is 0. The zero-order valence-electron chi connectivity index (χ0n) is 8.86. The van der Waals surface area contributed by atoms with Crippen molar-refractivity contribution in [1.29, 1.82) is 0 Å². The summed E-state index contributed by atoms with van der Waals surface area (Å²) < 4.78 is 2.90. The normalized spacial score (nSPS) is 17.9. The summed E-state index contributed by atoms with van der Waals surface area (Å²) in [6.07, 6.45) is 9.98. The predicted molar refractivity (Wildman–Crippen MR) is 65.2 cm³/mol. The van der Waals surface area contributed by atoms with E-state index in [0.29, 0.717) is 0 Å². The van der Waals surface area contributed by atoms with Crippen molar-refractivity contribution in [2.24, 2.45) is 5.73 Å². The minimum atomic E-state index is 0.106. The number of nitrogens with zero attached hydrogens (tertiary/aromatic N) is 3. The van der Waals surface area contributed by atoms with Gasteiger partial charge in [0.1, 0.15) is 4.60 Å². The van der Waals surface area contributed by atoms with Gasteiger partial charge in [-0.05, 0) is 41.6 Å². The first-order valence-corrected chi connectivity index (χ1v) is 6.22. The first-order chi connectivity index (χ1) is 7.66. The Labute approximate surface area is 102 Å². The lowest BCUT2D eigenvalue weighted by molar-refractivity contribution is 0.601. The minimum absolute atomic E-state index is 0.106. The van der Waals surface area contributed by atoms with Crippen LogP contribution in [0.15, 0.2) is 23.2 Å². The molecule has 0 atom stereocenters. The van der Waals surface area contributed by atoms with Crippen molar-refractivity contribution in [3.63, 3.8) is 0 Å². The fourth-order valence-corrected chi connectivity index (χ4v) is 2.20. The molecule has 2 aromatic heterocycles. The summed E-state index contributed by atoms with van der Waals surface area (Å²) >= 11 is 3.37. The molecular weight excluding hydrogens is 268 g/mol. The molecule has 1 fully saturated rings. The quantitative estimate of drug-likeness (QED) is 0.935. The van der Waals surface area contributed by atoms with Gasteiger partial charge < -0.3 is 10.1 Å². The van der Waals surface area contributed by atoms with E-state index in [1.54, 1.807) is 6.20 Å². The maximum atomic E-state index is 6.09. The Kier molecular flexibility index (Phi) is 2.26. The Morgan fingerprint density at radius 3 is 2.94 bits per heavy atom. The first-order valence-electron chi connectivity index (χ1n) is 5.43. The van der Waals surface area contributed by atoms with Crippen molar-refractivity contribution in [3.8, 4) is 0 Å². The smallest absolute Gasteiger partial charge is 0.155 e. The fourth-order valence-electron chi connectivity index (χ4n) is 1.89. The number of imidazole rings is 1. The van der Waals surface area contributed by atoms with Crippen LogP contribution in [0.4, 0.5) is 0 Å². The summed E-state index contributed by atoms with van der Waals surface area (Å²) in [5.74, 6) is 0. The van der Waals surface area contributed by atoms with Gasteiger partial charge in [0.15, 0.2) is 5.65 Å². The SMILES string of the molecule is NC1(CCc2cnc3cnc(Br)cn23)CC1. The first kappa shape index (κ1) is 10.2. The number of halogens is 1. The molecule has 0 aliphatic heterocycles. The van der Waals surface area contributed by atoms with Crippen LogP contribution in [0.1, 0.15) is 25.0 Å². The molecule has 0 bridgehead atoms. The molecule has 2 N–H and O–H groups in total. The zero-order chi connectivity index (χ0) is 11.2. The van der Waals surface area contributed by atoms with E-state index in [1.165, 1.54) is 5.69 Å². The van der Waals surface area contributed by atoms with Gasteiger partial charge in [-0.2, -0.15) is 0 Å². The number of hydrogen-bond acceptors (Lipinski definition) is 3. The highest BCUT2D eigenvalue weighted by Gasteiger charge is 2.37. The zero-order valence-corrected chi connectivity index (χ0v) is 10.4. The van der Waals surface area contributed by atoms with Gasteiger partial charge in [-0.15, -0.1) is 0 Å². The van der Waals surface area contributed by atoms with Crippen LogP contribution in [-0.4, -0.2) is 19.9 Å². The van der Waals surface area contributed by atoms with Gasteiger partial charge in [0.05, 0.1) is 6.20 Å². The van der Waals surface area contributed by atoms with Crippen molar-refractivity contribution < 1.29 is 0 Å². The summed E-state index contributed by atoms with van der Waals surface area (Å²) in [6.45, 7) is 0. The average molecular weight is 281 g/mol. The molecule has 0 unspecified atom stereocenters. The number of aromatic nitrogens is 3. The second kappa shape index (κ2) is 3.53. The Bertz CT molecular complexity index is 530. The highest BCUT2D eigenvalue weighted by atomic mass is 79.9. The van der Waals surface area contributed by atoms with E-state index in [0.717, 1.165) is 35.9 Å². The van der Waals surface area contributed by atoms with Crippen molar-refractivity contribution in [1.82, 2.24) is 14.4 Å². The predicted octanol–water partition coefficient (Wildman–Crippen LogP) is 1.92. The van der Waals surface area contributed by atoms with Crippen LogP contribution in [0.3, 0.4) is 0 Å². The lowest BCUT2D eigenvalue weighted by Crippen LogP contribution is -2.22. The molecule has 84 valence electrons. The number of rotatable bonds is 3. The third kappa shape index (κ3) is 1.85. The second-order valence-electron chi connectivity index (χ2n) is 4.55. The largest absolute Gasteiger partial charge is 0.325 e. The molecule has 1 aliphatic rings. The van der Waals surface area contributed by atoms with Crippen LogP contribution in [0.25, 0.3) is 5.65 Å². The molecule has 5 heteroatoms.